The smallest absolute Gasteiger partial charge is 0.265 e. The summed E-state index contributed by atoms with van der Waals surface area (Å²) in [5.41, 5.74) is 3.05. The van der Waals surface area contributed by atoms with E-state index < -0.39 is 11.8 Å². The summed E-state index contributed by atoms with van der Waals surface area (Å²) in [6.07, 6.45) is 2.73. The number of ether oxygens (including phenoxy) is 2. The average molecular weight is 585 g/mol. The molecule has 0 saturated carbocycles. The predicted octanol–water partition coefficient (Wildman–Crippen LogP) is 7.12. The number of rotatable bonds is 9. The molecule has 44 heavy (non-hydrogen) atoms. The number of carbonyl (C=O) groups excluding carboxylic acids is 4. The maximum absolute atomic E-state index is 12.7. The summed E-state index contributed by atoms with van der Waals surface area (Å²) in [7, 11) is 0. The van der Waals surface area contributed by atoms with Gasteiger partial charge < -0.3 is 9.47 Å². The van der Waals surface area contributed by atoms with Crippen molar-refractivity contribution < 1.29 is 28.7 Å². The molecule has 2 aliphatic heterocycles. The highest BCUT2D eigenvalue weighted by Gasteiger charge is 2.36. The van der Waals surface area contributed by atoms with Gasteiger partial charge in [-0.15, -0.1) is 6.58 Å². The minimum absolute atomic E-state index is 0.158. The molecule has 218 valence electrons. The van der Waals surface area contributed by atoms with Crippen LogP contribution in [0.3, 0.4) is 0 Å². The molecular weight excluding hydrogens is 556 g/mol. The SMILES string of the molecule is C=CCN1C(=O)c2ccc(Oc3ccc(C(C)(C)c4ccc(Oc5ccc6c(c5)C(=O)N(C=C)C6=O)cc4)cc3)cc2C1=O. The van der Waals surface area contributed by atoms with Gasteiger partial charge in [-0.05, 0) is 71.8 Å². The van der Waals surface area contributed by atoms with E-state index in [9.17, 15) is 19.2 Å². The molecule has 0 aromatic heterocycles. The van der Waals surface area contributed by atoms with E-state index in [0.717, 1.165) is 20.9 Å². The van der Waals surface area contributed by atoms with Gasteiger partial charge in [-0.25, -0.2) is 4.90 Å². The van der Waals surface area contributed by atoms with Crippen molar-refractivity contribution in [2.75, 3.05) is 6.54 Å². The van der Waals surface area contributed by atoms with Crippen molar-refractivity contribution in [3.05, 3.63) is 144 Å². The summed E-state index contributed by atoms with van der Waals surface area (Å²) < 4.78 is 12.0. The first-order chi connectivity index (χ1) is 21.1. The van der Waals surface area contributed by atoms with Crippen molar-refractivity contribution in [2.45, 2.75) is 19.3 Å². The number of hydrogen-bond donors (Lipinski definition) is 0. The Labute approximate surface area is 254 Å². The van der Waals surface area contributed by atoms with E-state index in [1.54, 1.807) is 36.4 Å². The van der Waals surface area contributed by atoms with Crippen molar-refractivity contribution in [3.63, 3.8) is 0 Å². The summed E-state index contributed by atoms with van der Waals surface area (Å²) in [6, 6.07) is 25.1. The Bertz CT molecular complexity index is 1870. The fourth-order valence-corrected chi connectivity index (χ4v) is 5.41. The van der Waals surface area contributed by atoms with Crippen LogP contribution >= 0.6 is 0 Å². The fourth-order valence-electron chi connectivity index (χ4n) is 5.41. The van der Waals surface area contributed by atoms with Crippen LogP contribution in [0.5, 0.6) is 23.0 Å². The van der Waals surface area contributed by atoms with Crippen LogP contribution in [0.15, 0.2) is 110 Å². The Morgan fingerprint density at radius 2 is 1.00 bits per heavy atom. The lowest BCUT2D eigenvalue weighted by Gasteiger charge is -2.26. The zero-order valence-electron chi connectivity index (χ0n) is 24.2. The van der Waals surface area contributed by atoms with Crippen LogP contribution in [0.4, 0.5) is 0 Å². The maximum Gasteiger partial charge on any atom is 0.265 e. The Kier molecular flexibility index (Phi) is 6.97. The van der Waals surface area contributed by atoms with E-state index in [4.69, 9.17) is 9.47 Å². The summed E-state index contributed by atoms with van der Waals surface area (Å²) in [5.74, 6) is 0.589. The molecule has 0 unspecified atom stereocenters. The quantitative estimate of drug-likeness (QED) is 0.154. The monoisotopic (exact) mass is 584 g/mol. The largest absolute Gasteiger partial charge is 0.457 e. The number of hydrogen-bond acceptors (Lipinski definition) is 6. The number of amides is 4. The number of carbonyl (C=O) groups is 4. The normalized spacial score (nSPS) is 14.0. The van der Waals surface area contributed by atoms with Gasteiger partial charge in [0.25, 0.3) is 23.6 Å². The van der Waals surface area contributed by atoms with Gasteiger partial charge in [0.15, 0.2) is 0 Å². The van der Waals surface area contributed by atoms with Crippen molar-refractivity contribution in [1.82, 2.24) is 9.80 Å². The molecule has 0 spiro atoms. The lowest BCUT2D eigenvalue weighted by Crippen LogP contribution is -2.29. The highest BCUT2D eigenvalue weighted by atomic mass is 16.5. The standard InChI is InChI=1S/C36H28N2O6/c1-5-19-38-33(40)29-18-16-27(21-31(29)35(38)42)44-25-13-9-23(10-14-25)36(3,4)22-7-11-24(12-8-22)43-26-15-17-28-30(20-26)34(41)37(6-2)32(28)39/h5-18,20-21H,1-2,19H2,3-4H3. The van der Waals surface area contributed by atoms with Gasteiger partial charge in [0.1, 0.15) is 23.0 Å². The first-order valence-corrected chi connectivity index (χ1v) is 13.9. The summed E-state index contributed by atoms with van der Waals surface area (Å²) in [5, 5.41) is 0. The molecule has 2 aliphatic rings. The molecule has 2 heterocycles. The van der Waals surface area contributed by atoms with Crippen LogP contribution in [0.2, 0.25) is 0 Å². The number of imide groups is 2. The topological polar surface area (TPSA) is 93.2 Å². The molecule has 0 atom stereocenters. The summed E-state index contributed by atoms with van der Waals surface area (Å²) >= 11 is 0. The van der Waals surface area contributed by atoms with Crippen LogP contribution in [0.1, 0.15) is 66.4 Å². The first-order valence-electron chi connectivity index (χ1n) is 13.9. The van der Waals surface area contributed by atoms with Crippen LogP contribution in [0, 0.1) is 0 Å². The molecule has 6 rings (SSSR count). The van der Waals surface area contributed by atoms with Gasteiger partial charge in [-0.1, -0.05) is 50.8 Å². The molecule has 8 heteroatoms. The molecule has 0 radical (unpaired) electrons. The molecule has 4 aromatic rings. The first kappa shape index (κ1) is 28.4. The van der Waals surface area contributed by atoms with E-state index in [2.05, 4.69) is 27.0 Å². The fraction of sp³-hybridized carbons (Fsp3) is 0.111. The van der Waals surface area contributed by atoms with Crippen molar-refractivity contribution in [3.8, 4) is 23.0 Å². The highest BCUT2D eigenvalue weighted by Crippen LogP contribution is 2.36. The average Bonchev–Trinajstić information content (AvgIpc) is 3.41. The second kappa shape index (κ2) is 10.8. The molecule has 8 nitrogen and oxygen atoms in total. The van der Waals surface area contributed by atoms with Crippen molar-refractivity contribution >= 4 is 23.6 Å². The van der Waals surface area contributed by atoms with Gasteiger partial charge >= 0.3 is 0 Å². The second-order valence-corrected chi connectivity index (χ2v) is 11.0. The minimum atomic E-state index is -0.423. The van der Waals surface area contributed by atoms with E-state index >= 15 is 0 Å². The van der Waals surface area contributed by atoms with Gasteiger partial charge in [0, 0.05) is 18.2 Å². The third-order valence-electron chi connectivity index (χ3n) is 7.95. The molecule has 4 aromatic carbocycles. The Balaban J connectivity index is 1.14. The minimum Gasteiger partial charge on any atom is -0.457 e. The number of benzene rings is 4. The molecule has 0 aliphatic carbocycles. The molecule has 0 fully saturated rings. The zero-order chi connectivity index (χ0) is 31.2. The summed E-state index contributed by atoms with van der Waals surface area (Å²) in [4.78, 5) is 52.1. The third-order valence-corrected chi connectivity index (χ3v) is 7.95. The Morgan fingerprint density at radius 1 is 0.591 bits per heavy atom. The molecule has 0 bridgehead atoms. The lowest BCUT2D eigenvalue weighted by atomic mass is 9.78. The lowest BCUT2D eigenvalue weighted by molar-refractivity contribution is 0.0667. The van der Waals surface area contributed by atoms with E-state index in [0.29, 0.717) is 39.7 Å². The molecule has 0 N–H and O–H groups in total. The highest BCUT2D eigenvalue weighted by molar-refractivity contribution is 6.22. The van der Waals surface area contributed by atoms with Gasteiger partial charge in [0.05, 0.1) is 22.3 Å². The number of fused-ring (bicyclic) bond motifs is 2. The summed E-state index contributed by atoms with van der Waals surface area (Å²) in [6.45, 7) is 11.5. The molecule has 0 saturated heterocycles. The van der Waals surface area contributed by atoms with Gasteiger partial charge in [-0.3, -0.25) is 24.1 Å². The van der Waals surface area contributed by atoms with E-state index in [1.165, 1.54) is 12.3 Å². The molecular formula is C36H28N2O6. The van der Waals surface area contributed by atoms with E-state index in [1.807, 2.05) is 48.5 Å². The van der Waals surface area contributed by atoms with Crippen LogP contribution in [0.25, 0.3) is 0 Å². The number of nitrogens with zero attached hydrogens (tertiary/aromatic N) is 2. The van der Waals surface area contributed by atoms with Crippen molar-refractivity contribution in [1.29, 1.82) is 0 Å². The van der Waals surface area contributed by atoms with Gasteiger partial charge in [-0.2, -0.15) is 0 Å². The van der Waals surface area contributed by atoms with Crippen LogP contribution < -0.4 is 9.47 Å². The van der Waals surface area contributed by atoms with Crippen LogP contribution in [-0.4, -0.2) is 40.0 Å². The van der Waals surface area contributed by atoms with Crippen molar-refractivity contribution in [2.24, 2.45) is 0 Å². The van der Waals surface area contributed by atoms with E-state index in [-0.39, 0.29) is 29.3 Å². The third kappa shape index (κ3) is 4.76. The predicted molar refractivity (Wildman–Crippen MR) is 164 cm³/mol. The zero-order valence-corrected chi connectivity index (χ0v) is 24.2. The molecule has 4 amide bonds. The maximum atomic E-state index is 12.7. The Hall–Kier alpha value is -5.76. The van der Waals surface area contributed by atoms with Crippen LogP contribution in [-0.2, 0) is 5.41 Å². The van der Waals surface area contributed by atoms with Gasteiger partial charge in [0.2, 0.25) is 0 Å². The second-order valence-electron chi connectivity index (χ2n) is 11.0. The Morgan fingerprint density at radius 3 is 1.48 bits per heavy atom.